The maximum Gasteiger partial charge on any atom is 0.326 e. The Morgan fingerprint density at radius 3 is 2.42 bits per heavy atom. The summed E-state index contributed by atoms with van der Waals surface area (Å²) in [7, 11) is 0. The molecule has 0 aromatic carbocycles. The highest BCUT2D eigenvalue weighted by molar-refractivity contribution is 7.13. The van der Waals surface area contributed by atoms with Crippen molar-refractivity contribution < 1.29 is 14.7 Å². The Kier molecular flexibility index (Phi) is 5.47. The van der Waals surface area contributed by atoms with Crippen LogP contribution in [0.15, 0.2) is 6.20 Å². The predicted molar refractivity (Wildman–Crippen MR) is 74.5 cm³/mol. The predicted octanol–water partition coefficient (Wildman–Crippen LogP) is 2.50. The summed E-state index contributed by atoms with van der Waals surface area (Å²) in [5, 5.41) is 12.5. The van der Waals surface area contributed by atoms with E-state index in [0.29, 0.717) is 11.3 Å². The minimum absolute atomic E-state index is 0.203. The number of hydrogen-bond acceptors (Lipinski definition) is 4. The van der Waals surface area contributed by atoms with Crippen molar-refractivity contribution in [3.8, 4) is 0 Å². The fourth-order valence-corrected chi connectivity index (χ4v) is 2.41. The maximum atomic E-state index is 12.0. The summed E-state index contributed by atoms with van der Waals surface area (Å²) in [6.45, 7) is 7.84. The molecule has 0 aliphatic rings. The third-order valence-electron chi connectivity index (χ3n) is 2.55. The zero-order valence-electron chi connectivity index (χ0n) is 11.6. The van der Waals surface area contributed by atoms with Crippen LogP contribution in [0, 0.1) is 5.92 Å². The molecule has 0 saturated carbocycles. The summed E-state index contributed by atoms with van der Waals surface area (Å²) >= 11 is 1.31. The molecular weight excluding hydrogens is 264 g/mol. The van der Waals surface area contributed by atoms with E-state index in [1.54, 1.807) is 0 Å². The lowest BCUT2D eigenvalue weighted by Gasteiger charge is -2.15. The molecule has 0 unspecified atom stereocenters. The molecule has 1 aromatic heterocycles. The van der Waals surface area contributed by atoms with Gasteiger partial charge < -0.3 is 10.4 Å². The largest absolute Gasteiger partial charge is 0.480 e. The molecule has 0 aliphatic heterocycles. The quantitative estimate of drug-likeness (QED) is 0.841. The van der Waals surface area contributed by atoms with Crippen LogP contribution in [0.25, 0.3) is 0 Å². The van der Waals surface area contributed by atoms with Gasteiger partial charge in [-0.05, 0) is 12.3 Å². The average Bonchev–Trinajstić information content (AvgIpc) is 2.76. The van der Waals surface area contributed by atoms with E-state index in [-0.39, 0.29) is 17.7 Å². The molecule has 2 N–H and O–H groups in total. The Morgan fingerprint density at radius 1 is 1.37 bits per heavy atom. The smallest absolute Gasteiger partial charge is 0.326 e. The van der Waals surface area contributed by atoms with E-state index in [0.717, 1.165) is 5.01 Å². The van der Waals surface area contributed by atoms with Gasteiger partial charge in [0.1, 0.15) is 10.9 Å². The first-order valence-electron chi connectivity index (χ1n) is 6.30. The fourth-order valence-electron chi connectivity index (χ4n) is 1.58. The lowest BCUT2D eigenvalue weighted by Crippen LogP contribution is -2.41. The number of carboxylic acids is 1. The highest BCUT2D eigenvalue weighted by atomic mass is 32.1. The molecule has 19 heavy (non-hydrogen) atoms. The van der Waals surface area contributed by atoms with Crippen LogP contribution in [0.2, 0.25) is 0 Å². The fraction of sp³-hybridized carbons (Fsp3) is 0.615. The summed E-state index contributed by atoms with van der Waals surface area (Å²) in [5.41, 5.74) is 0. The lowest BCUT2D eigenvalue weighted by molar-refractivity contribution is -0.139. The van der Waals surface area contributed by atoms with Crippen molar-refractivity contribution >= 4 is 23.2 Å². The first-order valence-corrected chi connectivity index (χ1v) is 7.12. The number of nitrogens with zero attached hydrogens (tertiary/aromatic N) is 1. The Bertz CT molecular complexity index is 454. The standard InChI is InChI=1S/C13H20N2O3S/c1-7(2)5-9(13(17)18)15-11(16)10-6-14-12(19-10)8(3)4/h6-9H,5H2,1-4H3,(H,15,16)(H,17,18)/t9-/m1/s1. The molecule has 1 heterocycles. The normalized spacial score (nSPS) is 12.7. The van der Waals surface area contributed by atoms with Gasteiger partial charge in [-0.3, -0.25) is 4.79 Å². The van der Waals surface area contributed by atoms with E-state index in [1.807, 2.05) is 27.7 Å². The van der Waals surface area contributed by atoms with E-state index in [2.05, 4.69) is 10.3 Å². The molecule has 0 bridgehead atoms. The molecule has 1 atom stereocenters. The van der Waals surface area contributed by atoms with Gasteiger partial charge in [-0.15, -0.1) is 11.3 Å². The molecule has 0 aliphatic carbocycles. The molecule has 6 heteroatoms. The number of amides is 1. The zero-order chi connectivity index (χ0) is 14.6. The second-order valence-corrected chi connectivity index (χ2v) is 6.27. The van der Waals surface area contributed by atoms with Crippen LogP contribution in [0.3, 0.4) is 0 Å². The third-order valence-corrected chi connectivity index (χ3v) is 3.85. The molecule has 1 aromatic rings. The second-order valence-electron chi connectivity index (χ2n) is 5.21. The Labute approximate surface area is 117 Å². The van der Waals surface area contributed by atoms with Gasteiger partial charge >= 0.3 is 5.97 Å². The summed E-state index contributed by atoms with van der Waals surface area (Å²) in [6.07, 6.45) is 1.92. The van der Waals surface area contributed by atoms with Crippen molar-refractivity contribution in [3.05, 3.63) is 16.1 Å². The van der Waals surface area contributed by atoms with Crippen molar-refractivity contribution in [2.24, 2.45) is 5.92 Å². The summed E-state index contributed by atoms with van der Waals surface area (Å²) in [5.74, 6) is -0.903. The number of carbonyl (C=O) groups is 2. The van der Waals surface area contributed by atoms with Crippen molar-refractivity contribution in [3.63, 3.8) is 0 Å². The Hall–Kier alpha value is -1.43. The number of carboxylic acid groups (broad SMARTS) is 1. The van der Waals surface area contributed by atoms with Gasteiger partial charge in [0.15, 0.2) is 0 Å². The maximum absolute atomic E-state index is 12.0. The van der Waals surface area contributed by atoms with Crippen molar-refractivity contribution in [1.29, 1.82) is 0 Å². The number of hydrogen-bond donors (Lipinski definition) is 2. The van der Waals surface area contributed by atoms with Crippen LogP contribution in [0.1, 0.15) is 54.7 Å². The van der Waals surface area contributed by atoms with Crippen LogP contribution >= 0.6 is 11.3 Å². The van der Waals surface area contributed by atoms with Crippen LogP contribution in [-0.2, 0) is 4.79 Å². The van der Waals surface area contributed by atoms with Gasteiger partial charge in [-0.1, -0.05) is 27.7 Å². The van der Waals surface area contributed by atoms with Crippen molar-refractivity contribution in [2.75, 3.05) is 0 Å². The number of aromatic nitrogens is 1. The Balaban J connectivity index is 2.73. The van der Waals surface area contributed by atoms with E-state index >= 15 is 0 Å². The first-order chi connectivity index (χ1) is 8.81. The van der Waals surface area contributed by atoms with E-state index in [4.69, 9.17) is 5.11 Å². The number of aliphatic carboxylic acids is 1. The highest BCUT2D eigenvalue weighted by Gasteiger charge is 2.23. The molecule has 0 radical (unpaired) electrons. The lowest BCUT2D eigenvalue weighted by atomic mass is 10.0. The van der Waals surface area contributed by atoms with Crippen molar-refractivity contribution in [2.45, 2.75) is 46.1 Å². The average molecular weight is 284 g/mol. The minimum Gasteiger partial charge on any atom is -0.480 e. The molecule has 1 rings (SSSR count). The van der Waals surface area contributed by atoms with Gasteiger partial charge in [0.25, 0.3) is 5.91 Å². The van der Waals surface area contributed by atoms with Crippen LogP contribution < -0.4 is 5.32 Å². The van der Waals surface area contributed by atoms with Crippen LogP contribution in [0.5, 0.6) is 0 Å². The summed E-state index contributed by atoms with van der Waals surface area (Å²) in [6, 6.07) is -0.850. The number of rotatable bonds is 6. The highest BCUT2D eigenvalue weighted by Crippen LogP contribution is 2.21. The van der Waals surface area contributed by atoms with Crippen LogP contribution in [0.4, 0.5) is 0 Å². The minimum atomic E-state index is -1.00. The number of thiazole rings is 1. The first kappa shape index (κ1) is 15.6. The summed E-state index contributed by atoms with van der Waals surface area (Å²) < 4.78 is 0. The monoisotopic (exact) mass is 284 g/mol. The summed E-state index contributed by atoms with van der Waals surface area (Å²) in [4.78, 5) is 27.7. The van der Waals surface area contributed by atoms with Gasteiger partial charge in [0.2, 0.25) is 0 Å². The zero-order valence-corrected chi connectivity index (χ0v) is 12.5. The molecule has 0 fully saturated rings. The molecule has 0 saturated heterocycles. The van der Waals surface area contributed by atoms with Gasteiger partial charge in [-0.25, -0.2) is 9.78 Å². The molecule has 0 spiro atoms. The van der Waals surface area contributed by atoms with E-state index in [9.17, 15) is 9.59 Å². The number of carbonyl (C=O) groups excluding carboxylic acids is 1. The topological polar surface area (TPSA) is 79.3 Å². The molecular formula is C13H20N2O3S. The molecule has 5 nitrogen and oxygen atoms in total. The van der Waals surface area contributed by atoms with E-state index < -0.39 is 12.0 Å². The third kappa shape index (κ3) is 4.63. The van der Waals surface area contributed by atoms with Gasteiger partial charge in [0, 0.05) is 5.92 Å². The molecule has 1 amide bonds. The van der Waals surface area contributed by atoms with Gasteiger partial charge in [-0.2, -0.15) is 0 Å². The SMILES string of the molecule is CC(C)C[C@@H](NC(=O)c1cnc(C(C)C)s1)C(=O)O. The van der Waals surface area contributed by atoms with Gasteiger partial charge in [0.05, 0.1) is 11.2 Å². The molecule has 106 valence electrons. The Morgan fingerprint density at radius 2 is 2.00 bits per heavy atom. The second kappa shape index (κ2) is 6.65. The van der Waals surface area contributed by atoms with Crippen molar-refractivity contribution in [1.82, 2.24) is 10.3 Å². The van der Waals surface area contributed by atoms with Crippen LogP contribution in [-0.4, -0.2) is 28.0 Å². The number of nitrogens with one attached hydrogen (secondary N) is 1. The van der Waals surface area contributed by atoms with E-state index in [1.165, 1.54) is 17.5 Å².